The van der Waals surface area contributed by atoms with Gasteiger partial charge < -0.3 is 4.74 Å². The van der Waals surface area contributed by atoms with Crippen LogP contribution in [0.4, 0.5) is 0 Å². The molecular formula is C12H18O2. The molecule has 0 spiro atoms. The van der Waals surface area contributed by atoms with Gasteiger partial charge in [-0.2, -0.15) is 0 Å². The maximum absolute atomic E-state index is 9.93. The fourth-order valence-corrected chi connectivity index (χ4v) is 1.86. The largest absolute Gasteiger partial charge is 0.462 e. The Balaban J connectivity index is 0.000000140. The third-order valence-electron chi connectivity index (χ3n) is 2.57. The van der Waals surface area contributed by atoms with Gasteiger partial charge in [0.05, 0.1) is 0 Å². The van der Waals surface area contributed by atoms with Crippen molar-refractivity contribution in [3.8, 4) is 0 Å². The summed E-state index contributed by atoms with van der Waals surface area (Å²) >= 11 is 0. The van der Waals surface area contributed by atoms with E-state index in [0.717, 1.165) is 5.92 Å². The minimum atomic E-state index is -0.264. The number of rotatable bonds is 2. The number of ether oxygens (including phenoxy) is 1. The lowest BCUT2D eigenvalue weighted by Crippen LogP contribution is -1.96. The molecule has 1 saturated carbocycles. The Morgan fingerprint density at radius 2 is 2.57 bits per heavy atom. The van der Waals surface area contributed by atoms with Gasteiger partial charge in [-0.1, -0.05) is 24.3 Å². The van der Waals surface area contributed by atoms with Crippen molar-refractivity contribution < 1.29 is 9.53 Å². The first kappa shape index (κ1) is 11.0. The van der Waals surface area contributed by atoms with Crippen LogP contribution < -0.4 is 0 Å². The summed E-state index contributed by atoms with van der Waals surface area (Å²) in [5.41, 5.74) is 1.74. The van der Waals surface area contributed by atoms with Crippen molar-refractivity contribution in [1.29, 1.82) is 0 Å². The van der Waals surface area contributed by atoms with E-state index in [-0.39, 0.29) is 5.97 Å². The molecule has 0 amide bonds. The average Bonchev–Trinajstić information content (AvgIpc) is 2.79. The minimum Gasteiger partial charge on any atom is -0.462 e. The van der Waals surface area contributed by atoms with Gasteiger partial charge in [0.15, 0.2) is 0 Å². The van der Waals surface area contributed by atoms with E-state index < -0.39 is 0 Å². The first-order valence-electron chi connectivity index (χ1n) is 5.14. The van der Waals surface area contributed by atoms with Crippen molar-refractivity contribution in [3.63, 3.8) is 0 Å². The Hall–Kier alpha value is -1.05. The molecule has 0 heterocycles. The topological polar surface area (TPSA) is 26.3 Å². The van der Waals surface area contributed by atoms with Gasteiger partial charge in [-0.3, -0.25) is 4.79 Å². The Bertz CT molecular complexity index is 241. The maximum atomic E-state index is 9.93. The summed E-state index contributed by atoms with van der Waals surface area (Å²) in [6.07, 6.45) is 9.71. The van der Waals surface area contributed by atoms with Crippen LogP contribution >= 0.6 is 0 Å². The summed E-state index contributed by atoms with van der Waals surface area (Å²) in [7, 11) is 0. The Kier molecular flexibility index (Phi) is 4.44. The van der Waals surface area contributed by atoms with Crippen LogP contribution in [0.15, 0.2) is 24.3 Å². The Morgan fingerprint density at radius 3 is 2.71 bits per heavy atom. The lowest BCUT2D eigenvalue weighted by molar-refractivity contribution is -0.139. The number of fused-ring (bicyclic) bond motifs is 2. The highest BCUT2D eigenvalue weighted by molar-refractivity contribution is 5.65. The quantitative estimate of drug-likeness (QED) is 0.499. The van der Waals surface area contributed by atoms with Crippen molar-refractivity contribution in [3.05, 3.63) is 24.3 Å². The summed E-state index contributed by atoms with van der Waals surface area (Å²) in [4.78, 5) is 9.93. The van der Waals surface area contributed by atoms with E-state index in [0.29, 0.717) is 6.61 Å². The van der Waals surface area contributed by atoms with Crippen LogP contribution in [-0.4, -0.2) is 12.6 Å². The van der Waals surface area contributed by atoms with E-state index >= 15 is 0 Å². The highest BCUT2D eigenvalue weighted by Crippen LogP contribution is 2.38. The lowest BCUT2D eigenvalue weighted by Gasteiger charge is -1.98. The Morgan fingerprint density at radius 1 is 1.79 bits per heavy atom. The van der Waals surface area contributed by atoms with E-state index in [4.69, 9.17) is 0 Å². The van der Waals surface area contributed by atoms with Crippen LogP contribution in [0.3, 0.4) is 0 Å². The molecule has 0 aromatic heterocycles. The summed E-state index contributed by atoms with van der Waals surface area (Å²) in [5, 5.41) is 0. The molecule has 2 heteroatoms. The first-order valence-corrected chi connectivity index (χ1v) is 5.14. The molecule has 2 nitrogen and oxygen atoms in total. The standard InChI is InChI=1S/C7H10.C5H8O2/c1-2-7-4-3-6(1)5-7;1-3-4-7-5(2)6/h1,7H,2-5H2;3H,1,4H2,2H3. The van der Waals surface area contributed by atoms with Gasteiger partial charge in [0, 0.05) is 6.92 Å². The average molecular weight is 194 g/mol. The molecule has 1 unspecified atom stereocenters. The molecule has 0 N–H and O–H groups in total. The molecule has 0 saturated heterocycles. The van der Waals surface area contributed by atoms with Crippen molar-refractivity contribution in [1.82, 2.24) is 0 Å². The molecular weight excluding hydrogens is 176 g/mol. The molecule has 0 aliphatic heterocycles. The van der Waals surface area contributed by atoms with Crippen LogP contribution in [0.25, 0.3) is 0 Å². The van der Waals surface area contributed by atoms with Crippen LogP contribution in [0, 0.1) is 5.92 Å². The molecule has 2 aliphatic rings. The molecule has 2 rings (SSSR count). The number of hydrogen-bond donors (Lipinski definition) is 0. The van der Waals surface area contributed by atoms with E-state index in [1.807, 2.05) is 0 Å². The van der Waals surface area contributed by atoms with Crippen molar-refractivity contribution in [2.45, 2.75) is 32.6 Å². The molecule has 1 fully saturated rings. The number of carbonyl (C=O) groups excluding carboxylic acids is 1. The van der Waals surface area contributed by atoms with Gasteiger partial charge >= 0.3 is 5.97 Å². The number of hydrogen-bond acceptors (Lipinski definition) is 2. The smallest absolute Gasteiger partial charge is 0.302 e. The van der Waals surface area contributed by atoms with Crippen LogP contribution in [0.1, 0.15) is 32.6 Å². The fourth-order valence-electron chi connectivity index (χ4n) is 1.86. The normalized spacial score (nSPS) is 22.1. The fraction of sp³-hybridized carbons (Fsp3) is 0.583. The van der Waals surface area contributed by atoms with Crippen LogP contribution in [0.5, 0.6) is 0 Å². The molecule has 1 atom stereocenters. The second-order valence-corrected chi connectivity index (χ2v) is 3.80. The maximum Gasteiger partial charge on any atom is 0.302 e. The van der Waals surface area contributed by atoms with E-state index in [1.54, 1.807) is 5.57 Å². The number of carbonyl (C=O) groups is 1. The van der Waals surface area contributed by atoms with E-state index in [1.165, 1.54) is 38.7 Å². The zero-order valence-corrected chi connectivity index (χ0v) is 8.79. The molecule has 0 radical (unpaired) electrons. The Labute approximate surface area is 85.6 Å². The van der Waals surface area contributed by atoms with Crippen LogP contribution in [-0.2, 0) is 9.53 Å². The van der Waals surface area contributed by atoms with Gasteiger partial charge in [0.25, 0.3) is 0 Å². The molecule has 0 aromatic rings. The predicted molar refractivity (Wildman–Crippen MR) is 56.9 cm³/mol. The zero-order valence-electron chi connectivity index (χ0n) is 8.79. The molecule has 0 aromatic carbocycles. The van der Waals surface area contributed by atoms with Gasteiger partial charge in [-0.15, -0.1) is 0 Å². The zero-order chi connectivity index (χ0) is 10.4. The summed E-state index contributed by atoms with van der Waals surface area (Å²) in [5.74, 6) is 0.815. The predicted octanol–water partition coefficient (Wildman–Crippen LogP) is 2.85. The molecule has 78 valence electrons. The number of allylic oxidation sites excluding steroid dienone is 2. The van der Waals surface area contributed by atoms with Crippen LogP contribution in [0.2, 0.25) is 0 Å². The van der Waals surface area contributed by atoms with E-state index in [9.17, 15) is 4.79 Å². The molecule has 14 heavy (non-hydrogen) atoms. The highest BCUT2D eigenvalue weighted by atomic mass is 16.5. The second-order valence-electron chi connectivity index (χ2n) is 3.80. The first-order chi connectivity index (χ1) is 6.72. The van der Waals surface area contributed by atoms with Gasteiger partial charge in [-0.25, -0.2) is 0 Å². The lowest BCUT2D eigenvalue weighted by atomic mass is 10.1. The third-order valence-corrected chi connectivity index (χ3v) is 2.57. The van der Waals surface area contributed by atoms with Gasteiger partial charge in [-0.05, 0) is 31.6 Å². The van der Waals surface area contributed by atoms with Crippen molar-refractivity contribution in [2.24, 2.45) is 5.92 Å². The minimum absolute atomic E-state index is 0.264. The van der Waals surface area contributed by atoms with Gasteiger partial charge in [0.2, 0.25) is 0 Å². The third kappa shape index (κ3) is 3.77. The number of esters is 1. The van der Waals surface area contributed by atoms with E-state index in [2.05, 4.69) is 17.4 Å². The second kappa shape index (κ2) is 5.63. The highest BCUT2D eigenvalue weighted by Gasteiger charge is 2.22. The van der Waals surface area contributed by atoms with Crippen molar-refractivity contribution >= 4 is 5.97 Å². The summed E-state index contributed by atoms with van der Waals surface area (Å²) in [6.45, 7) is 5.03. The molecule has 2 bridgehead atoms. The molecule has 2 aliphatic carbocycles. The monoisotopic (exact) mass is 194 g/mol. The summed E-state index contributed by atoms with van der Waals surface area (Å²) in [6, 6.07) is 0. The SMILES string of the molecule is C1=C2CCC(C1)C2.C=CCOC(C)=O. The summed E-state index contributed by atoms with van der Waals surface area (Å²) < 4.78 is 4.43. The van der Waals surface area contributed by atoms with Gasteiger partial charge in [0.1, 0.15) is 6.61 Å². The van der Waals surface area contributed by atoms with Crippen molar-refractivity contribution in [2.75, 3.05) is 6.61 Å².